The van der Waals surface area contributed by atoms with Crippen molar-refractivity contribution in [2.45, 2.75) is 105 Å². The van der Waals surface area contributed by atoms with E-state index in [1.54, 1.807) is 0 Å². The van der Waals surface area contributed by atoms with Crippen LogP contribution >= 0.6 is 0 Å². The van der Waals surface area contributed by atoms with E-state index in [1.807, 2.05) is 0 Å². The van der Waals surface area contributed by atoms with Crippen LogP contribution in [-0.4, -0.2) is 20.8 Å². The third-order valence-electron chi connectivity index (χ3n) is 18.8. The first-order valence-corrected chi connectivity index (χ1v) is 30.5. The summed E-state index contributed by atoms with van der Waals surface area (Å²) in [6.45, 7) is 27.5. The maximum Gasteiger partial charge on any atom is 0.252 e. The van der Waals surface area contributed by atoms with Gasteiger partial charge in [0, 0.05) is 55.1 Å². The van der Waals surface area contributed by atoms with Crippen molar-refractivity contribution in [3.8, 4) is 78.4 Å². The minimum absolute atomic E-state index is 0.0302. The van der Waals surface area contributed by atoms with E-state index in [2.05, 4.69) is 311 Å². The second-order valence-electron chi connectivity index (χ2n) is 28.5. The van der Waals surface area contributed by atoms with E-state index in [9.17, 15) is 0 Å². The highest BCUT2D eigenvalue weighted by Gasteiger charge is 2.42. The largest absolute Gasteiger partial charge is 0.310 e. The predicted octanol–water partition coefficient (Wildman–Crippen LogP) is 19.6. The lowest BCUT2D eigenvalue weighted by Gasteiger charge is -2.34. The van der Waals surface area contributed by atoms with Gasteiger partial charge < -0.3 is 9.13 Å². The Morgan fingerprint density at radius 3 is 1.00 bits per heavy atom. The summed E-state index contributed by atoms with van der Waals surface area (Å²) in [5.74, 6) is 0. The average molecular weight is 1100 g/mol. The van der Waals surface area contributed by atoms with Crippen LogP contribution in [0.5, 0.6) is 0 Å². The van der Waals surface area contributed by atoms with Crippen molar-refractivity contribution in [1.82, 2.24) is 14.1 Å². The second-order valence-corrected chi connectivity index (χ2v) is 28.5. The zero-order valence-electron chi connectivity index (χ0n) is 51.2. The van der Waals surface area contributed by atoms with Gasteiger partial charge in [0.05, 0.1) is 22.4 Å². The molecule has 0 amide bonds. The van der Waals surface area contributed by atoms with Crippen molar-refractivity contribution >= 4 is 66.7 Å². The molecule has 3 aromatic heterocycles. The normalized spacial score (nSPS) is 13.2. The number of rotatable bonds is 6. The molecule has 0 aliphatic carbocycles. The molecule has 0 radical (unpaired) electrons. The van der Waals surface area contributed by atoms with Crippen LogP contribution in [-0.2, 0) is 21.7 Å². The molecular formula is C81H72BN3. The number of hydrogen-bond acceptors (Lipinski definition) is 1. The zero-order valence-corrected chi connectivity index (χ0v) is 51.2. The highest BCUT2D eigenvalue weighted by molar-refractivity contribution is 7.00. The highest BCUT2D eigenvalue weighted by Crippen LogP contribution is 2.45. The van der Waals surface area contributed by atoms with E-state index in [0.717, 1.165) is 22.5 Å². The molecule has 2 aliphatic rings. The summed E-state index contributed by atoms with van der Waals surface area (Å²) in [6, 6.07) is 83.8. The van der Waals surface area contributed by atoms with Gasteiger partial charge in [-0.2, -0.15) is 0 Å². The minimum Gasteiger partial charge on any atom is -0.310 e. The van der Waals surface area contributed by atoms with Gasteiger partial charge in [-0.1, -0.05) is 241 Å². The van der Waals surface area contributed by atoms with Gasteiger partial charge >= 0.3 is 0 Å². The SMILES string of the molecule is CC(C)(C)c1ccc(-c2ccc3c(c2)c2cc(-c4ccc(C(C)(C)C)cc4)cc4c2n3-c2cc(-c3cccc(-c5ccccc5)n3)cc3c2B4c2cc(-c4ccc(C(C)(C)C)cc4)cc4c5cc(-c6ccc(C(C)(C)C)cc6)ccc5n-3c24)cc1. The fourth-order valence-corrected chi connectivity index (χ4v) is 13.9. The molecule has 4 heteroatoms. The lowest BCUT2D eigenvalue weighted by atomic mass is 9.34. The lowest BCUT2D eigenvalue weighted by molar-refractivity contribution is 0.590. The van der Waals surface area contributed by atoms with Crippen LogP contribution in [0, 0.1) is 0 Å². The Bertz CT molecular complexity index is 4590. The smallest absolute Gasteiger partial charge is 0.252 e. The van der Waals surface area contributed by atoms with Crippen molar-refractivity contribution < 1.29 is 0 Å². The van der Waals surface area contributed by atoms with Gasteiger partial charge in [0.25, 0.3) is 6.71 Å². The van der Waals surface area contributed by atoms with Crippen LogP contribution in [0.15, 0.2) is 218 Å². The molecule has 13 aromatic rings. The van der Waals surface area contributed by atoms with Gasteiger partial charge in [0.15, 0.2) is 0 Å². The van der Waals surface area contributed by atoms with Crippen molar-refractivity contribution in [2.24, 2.45) is 0 Å². The third kappa shape index (κ3) is 8.65. The molecule has 3 nitrogen and oxygen atoms in total. The molecule has 414 valence electrons. The number of hydrogen-bond donors (Lipinski definition) is 0. The molecule has 2 aliphatic heterocycles. The minimum atomic E-state index is -0.113. The summed E-state index contributed by atoms with van der Waals surface area (Å²) in [5, 5.41) is 5.01. The standard InChI is InChI=1S/C81H72BN3/c1-78(2,3)59-31-21-49(22-32-59)54-29-39-71-63(41-54)65-43-56(51-25-35-61(36-26-51)80(7,8)9)45-67-76(65)84(71)73-47-58(70-20-16-19-69(83-70)53-17-14-13-15-18-53)48-74-75(73)82(67)68-46-57(52-27-37-62(38-28-52)81(10,11)12)44-66-64-42-55(30-40-72(64)85(74)77(66)68)50-23-33-60(34-24-50)79(4,5)6/h13-48H,1-12H3. The number of nitrogens with zero attached hydrogens (tertiary/aromatic N) is 3. The number of aromatic nitrogens is 3. The Hall–Kier alpha value is -8.99. The van der Waals surface area contributed by atoms with Gasteiger partial charge in [-0.15, -0.1) is 0 Å². The fraction of sp³-hybridized carbons (Fsp3) is 0.198. The van der Waals surface area contributed by atoms with Crippen LogP contribution < -0.4 is 16.4 Å². The molecule has 0 N–H and O–H groups in total. The highest BCUT2D eigenvalue weighted by atomic mass is 15.0. The molecule has 10 aromatic carbocycles. The lowest BCUT2D eigenvalue weighted by Crippen LogP contribution is -2.59. The Morgan fingerprint density at radius 1 is 0.282 bits per heavy atom. The number of fused-ring (bicyclic) bond motifs is 10. The van der Waals surface area contributed by atoms with E-state index in [0.29, 0.717) is 0 Å². The Balaban J connectivity index is 1.07. The molecule has 0 saturated carbocycles. The van der Waals surface area contributed by atoms with Crippen LogP contribution in [0.4, 0.5) is 0 Å². The first-order valence-electron chi connectivity index (χ1n) is 30.5. The van der Waals surface area contributed by atoms with Crippen LogP contribution in [0.25, 0.3) is 122 Å². The summed E-state index contributed by atoms with van der Waals surface area (Å²) in [6.07, 6.45) is 0. The van der Waals surface area contributed by atoms with Crippen molar-refractivity contribution in [1.29, 1.82) is 0 Å². The monoisotopic (exact) mass is 1100 g/mol. The molecule has 0 atom stereocenters. The second kappa shape index (κ2) is 18.8. The number of benzene rings is 10. The third-order valence-corrected chi connectivity index (χ3v) is 18.8. The van der Waals surface area contributed by atoms with Crippen LogP contribution in [0.1, 0.15) is 105 Å². The van der Waals surface area contributed by atoms with E-state index in [4.69, 9.17) is 4.98 Å². The van der Waals surface area contributed by atoms with Gasteiger partial charge in [0.2, 0.25) is 0 Å². The molecule has 15 rings (SSSR count). The maximum atomic E-state index is 5.51. The molecule has 85 heavy (non-hydrogen) atoms. The van der Waals surface area contributed by atoms with Crippen LogP contribution in [0.3, 0.4) is 0 Å². The Kier molecular flexibility index (Phi) is 11.6. The summed E-state index contributed by atoms with van der Waals surface area (Å²) in [7, 11) is 0. The molecule has 0 spiro atoms. The predicted molar refractivity (Wildman–Crippen MR) is 365 cm³/mol. The molecule has 5 heterocycles. The Labute approximate surface area is 501 Å². The van der Waals surface area contributed by atoms with Crippen LogP contribution in [0.2, 0.25) is 0 Å². The first kappa shape index (κ1) is 52.8. The van der Waals surface area contributed by atoms with Gasteiger partial charge in [-0.05, 0) is 165 Å². The molecule has 0 saturated heterocycles. The summed E-state index contributed by atoms with van der Waals surface area (Å²) in [4.78, 5) is 5.51. The molecule has 0 unspecified atom stereocenters. The summed E-state index contributed by atoms with van der Waals surface area (Å²) >= 11 is 0. The summed E-state index contributed by atoms with van der Waals surface area (Å²) < 4.78 is 5.25. The van der Waals surface area contributed by atoms with Crippen molar-refractivity contribution in [3.63, 3.8) is 0 Å². The molecule has 0 fully saturated rings. The Morgan fingerprint density at radius 2 is 0.624 bits per heavy atom. The van der Waals surface area contributed by atoms with Crippen molar-refractivity contribution in [3.05, 3.63) is 241 Å². The number of pyridine rings is 1. The molecular weight excluding hydrogens is 1030 g/mol. The topological polar surface area (TPSA) is 22.8 Å². The maximum absolute atomic E-state index is 5.51. The summed E-state index contributed by atoms with van der Waals surface area (Å²) in [5.41, 5.74) is 30.6. The first-order chi connectivity index (χ1) is 40.6. The van der Waals surface area contributed by atoms with E-state index in [1.165, 1.54) is 138 Å². The average Bonchev–Trinajstić information content (AvgIpc) is 1.60. The van der Waals surface area contributed by atoms with E-state index >= 15 is 0 Å². The zero-order chi connectivity index (χ0) is 58.6. The van der Waals surface area contributed by atoms with Gasteiger partial charge in [0.1, 0.15) is 0 Å². The fourth-order valence-electron chi connectivity index (χ4n) is 13.9. The quantitative estimate of drug-likeness (QED) is 0.152. The van der Waals surface area contributed by atoms with E-state index in [-0.39, 0.29) is 28.4 Å². The van der Waals surface area contributed by atoms with Gasteiger partial charge in [-0.25, -0.2) is 4.98 Å². The van der Waals surface area contributed by atoms with E-state index < -0.39 is 0 Å². The van der Waals surface area contributed by atoms with Crippen molar-refractivity contribution in [2.75, 3.05) is 0 Å². The van der Waals surface area contributed by atoms with Gasteiger partial charge in [-0.3, -0.25) is 0 Å². The molecule has 0 bridgehead atoms.